The third kappa shape index (κ3) is 1.86. The molecular weight excluding hydrogens is 188 g/mol. The van der Waals surface area contributed by atoms with Crippen LogP contribution in [0.4, 0.5) is 0 Å². The van der Waals surface area contributed by atoms with Gasteiger partial charge in [0.1, 0.15) is 5.75 Å². The summed E-state index contributed by atoms with van der Waals surface area (Å²) in [5.74, 6) is 0.732. The Bertz CT molecular complexity index is 447. The number of hydrogen-bond acceptors (Lipinski definition) is 2. The van der Waals surface area contributed by atoms with E-state index in [-0.39, 0.29) is 5.75 Å². The van der Waals surface area contributed by atoms with Crippen molar-refractivity contribution in [2.24, 2.45) is 0 Å². The first kappa shape index (κ1) is 9.77. The summed E-state index contributed by atoms with van der Waals surface area (Å²) in [6.07, 6.45) is 1.68. The predicted molar refractivity (Wildman–Crippen MR) is 59.8 cm³/mol. The van der Waals surface area contributed by atoms with E-state index in [0.717, 1.165) is 11.3 Å². The smallest absolute Gasteiger partial charge is 0.124 e. The second-order valence-corrected chi connectivity index (χ2v) is 3.90. The molecule has 0 radical (unpaired) electrons. The van der Waals surface area contributed by atoms with Crippen molar-refractivity contribution in [3.05, 3.63) is 36.0 Å². The van der Waals surface area contributed by atoms with E-state index in [9.17, 15) is 5.11 Å². The first-order valence-electron chi connectivity index (χ1n) is 5.01. The molecule has 3 nitrogen and oxygen atoms in total. The van der Waals surface area contributed by atoms with Gasteiger partial charge < -0.3 is 5.11 Å². The summed E-state index contributed by atoms with van der Waals surface area (Å²) in [4.78, 5) is 0. The van der Waals surface area contributed by atoms with Crippen LogP contribution in [0.5, 0.6) is 5.75 Å². The molecule has 0 unspecified atom stereocenters. The quantitative estimate of drug-likeness (QED) is 0.786. The third-order valence-electron chi connectivity index (χ3n) is 2.48. The van der Waals surface area contributed by atoms with Crippen LogP contribution in [0.2, 0.25) is 0 Å². The molecule has 0 fully saturated rings. The number of aromatic nitrogens is 2. The molecule has 0 saturated carbocycles. The van der Waals surface area contributed by atoms with Crippen molar-refractivity contribution in [3.8, 4) is 17.0 Å². The first-order chi connectivity index (χ1) is 7.18. The number of hydrogen-bond donors (Lipinski definition) is 2. The van der Waals surface area contributed by atoms with Gasteiger partial charge >= 0.3 is 0 Å². The van der Waals surface area contributed by atoms with E-state index >= 15 is 0 Å². The molecule has 0 spiro atoms. The Kier molecular flexibility index (Phi) is 2.46. The van der Waals surface area contributed by atoms with Gasteiger partial charge in [-0.1, -0.05) is 19.9 Å². The van der Waals surface area contributed by atoms with E-state index < -0.39 is 0 Å². The Morgan fingerprint density at radius 3 is 2.67 bits per heavy atom. The van der Waals surface area contributed by atoms with Crippen molar-refractivity contribution in [2.75, 3.05) is 0 Å². The van der Waals surface area contributed by atoms with Gasteiger partial charge in [0.15, 0.2) is 0 Å². The van der Waals surface area contributed by atoms with Gasteiger partial charge in [-0.25, -0.2) is 0 Å². The number of phenolic OH excluding ortho intramolecular Hbond substituents is 1. The topological polar surface area (TPSA) is 48.9 Å². The van der Waals surface area contributed by atoms with E-state index in [2.05, 4.69) is 24.0 Å². The Labute approximate surface area is 88.8 Å². The number of rotatable bonds is 2. The van der Waals surface area contributed by atoms with Crippen LogP contribution in [-0.4, -0.2) is 15.3 Å². The molecule has 2 aromatic rings. The van der Waals surface area contributed by atoms with Gasteiger partial charge in [0.2, 0.25) is 0 Å². The van der Waals surface area contributed by atoms with E-state index in [1.54, 1.807) is 12.3 Å². The zero-order valence-electron chi connectivity index (χ0n) is 8.86. The highest BCUT2D eigenvalue weighted by Crippen LogP contribution is 2.30. The lowest BCUT2D eigenvalue weighted by Gasteiger charge is -2.08. The zero-order valence-corrected chi connectivity index (χ0v) is 8.86. The number of phenols is 1. The van der Waals surface area contributed by atoms with E-state index in [4.69, 9.17) is 0 Å². The Hall–Kier alpha value is -1.77. The predicted octanol–water partition coefficient (Wildman–Crippen LogP) is 2.91. The highest BCUT2D eigenvalue weighted by Gasteiger charge is 2.08. The molecule has 0 bridgehead atoms. The molecule has 2 rings (SSSR count). The fourth-order valence-corrected chi connectivity index (χ4v) is 1.53. The number of nitrogens with one attached hydrogen (secondary N) is 1. The standard InChI is InChI=1S/C12H14N2O/c1-8(2)9-3-4-12(15)10(7-9)11-5-6-13-14-11/h3-8,15H,1-2H3,(H,13,14). The fraction of sp³-hybridized carbons (Fsp3) is 0.250. The summed E-state index contributed by atoms with van der Waals surface area (Å²) in [5.41, 5.74) is 2.85. The number of benzene rings is 1. The van der Waals surface area contributed by atoms with Gasteiger partial charge in [-0.3, -0.25) is 5.10 Å². The molecule has 1 aromatic heterocycles. The summed E-state index contributed by atoms with van der Waals surface area (Å²) < 4.78 is 0. The monoisotopic (exact) mass is 202 g/mol. The minimum absolute atomic E-state index is 0.281. The van der Waals surface area contributed by atoms with Crippen molar-refractivity contribution in [1.82, 2.24) is 10.2 Å². The van der Waals surface area contributed by atoms with Crippen molar-refractivity contribution in [3.63, 3.8) is 0 Å². The summed E-state index contributed by atoms with van der Waals surface area (Å²) in [6.45, 7) is 4.26. The van der Waals surface area contributed by atoms with Gasteiger partial charge in [0, 0.05) is 11.8 Å². The third-order valence-corrected chi connectivity index (χ3v) is 2.48. The molecule has 0 aliphatic rings. The Morgan fingerprint density at radius 2 is 2.07 bits per heavy atom. The van der Waals surface area contributed by atoms with Gasteiger partial charge in [-0.05, 0) is 29.7 Å². The fourth-order valence-electron chi connectivity index (χ4n) is 1.53. The summed E-state index contributed by atoms with van der Waals surface area (Å²) in [5, 5.41) is 16.5. The normalized spacial score (nSPS) is 10.9. The van der Waals surface area contributed by atoms with E-state index in [1.807, 2.05) is 18.2 Å². The number of aromatic amines is 1. The molecule has 78 valence electrons. The average molecular weight is 202 g/mol. The van der Waals surface area contributed by atoms with Gasteiger partial charge in [-0.2, -0.15) is 5.10 Å². The number of H-pyrrole nitrogens is 1. The molecule has 0 atom stereocenters. The molecule has 3 heteroatoms. The number of nitrogens with zero attached hydrogens (tertiary/aromatic N) is 1. The Balaban J connectivity index is 2.51. The van der Waals surface area contributed by atoms with Gasteiger partial charge in [0.05, 0.1) is 5.69 Å². The zero-order chi connectivity index (χ0) is 10.8. The maximum absolute atomic E-state index is 9.74. The molecule has 1 aromatic carbocycles. The van der Waals surface area contributed by atoms with Crippen LogP contribution in [0.25, 0.3) is 11.3 Å². The number of aromatic hydroxyl groups is 1. The lowest BCUT2D eigenvalue weighted by atomic mass is 9.99. The van der Waals surface area contributed by atoms with Crippen LogP contribution in [0.1, 0.15) is 25.3 Å². The lowest BCUT2D eigenvalue weighted by molar-refractivity contribution is 0.477. The maximum Gasteiger partial charge on any atom is 0.124 e. The minimum atomic E-state index is 0.281. The lowest BCUT2D eigenvalue weighted by Crippen LogP contribution is -1.88. The van der Waals surface area contributed by atoms with Gasteiger partial charge in [-0.15, -0.1) is 0 Å². The second kappa shape index (κ2) is 3.77. The molecule has 1 heterocycles. The maximum atomic E-state index is 9.74. The van der Waals surface area contributed by atoms with E-state index in [1.165, 1.54) is 5.56 Å². The second-order valence-electron chi connectivity index (χ2n) is 3.90. The minimum Gasteiger partial charge on any atom is -0.507 e. The highest BCUT2D eigenvalue weighted by molar-refractivity contribution is 5.67. The molecule has 0 saturated heterocycles. The average Bonchev–Trinajstić information content (AvgIpc) is 2.71. The molecule has 0 amide bonds. The highest BCUT2D eigenvalue weighted by atomic mass is 16.3. The summed E-state index contributed by atoms with van der Waals surface area (Å²) in [6, 6.07) is 7.51. The summed E-state index contributed by atoms with van der Waals surface area (Å²) in [7, 11) is 0. The largest absolute Gasteiger partial charge is 0.507 e. The van der Waals surface area contributed by atoms with Crippen LogP contribution >= 0.6 is 0 Å². The summed E-state index contributed by atoms with van der Waals surface area (Å²) >= 11 is 0. The Morgan fingerprint density at radius 1 is 1.27 bits per heavy atom. The van der Waals surface area contributed by atoms with Crippen LogP contribution in [-0.2, 0) is 0 Å². The van der Waals surface area contributed by atoms with Crippen molar-refractivity contribution in [2.45, 2.75) is 19.8 Å². The van der Waals surface area contributed by atoms with Crippen LogP contribution < -0.4 is 0 Å². The van der Waals surface area contributed by atoms with Crippen molar-refractivity contribution < 1.29 is 5.11 Å². The van der Waals surface area contributed by atoms with Crippen LogP contribution in [0, 0.1) is 0 Å². The van der Waals surface area contributed by atoms with E-state index in [0.29, 0.717) is 5.92 Å². The molecule has 0 aliphatic heterocycles. The van der Waals surface area contributed by atoms with Crippen molar-refractivity contribution >= 4 is 0 Å². The first-order valence-corrected chi connectivity index (χ1v) is 5.01. The van der Waals surface area contributed by atoms with Crippen LogP contribution in [0.3, 0.4) is 0 Å². The SMILES string of the molecule is CC(C)c1ccc(O)c(-c2ccn[nH]2)c1. The molecule has 0 aliphatic carbocycles. The molecule has 15 heavy (non-hydrogen) atoms. The van der Waals surface area contributed by atoms with Gasteiger partial charge in [0.25, 0.3) is 0 Å². The van der Waals surface area contributed by atoms with Crippen LogP contribution in [0.15, 0.2) is 30.5 Å². The van der Waals surface area contributed by atoms with Crippen molar-refractivity contribution in [1.29, 1.82) is 0 Å². The molecule has 2 N–H and O–H groups in total. The molecular formula is C12H14N2O.